The number of benzene rings is 1. The van der Waals surface area contributed by atoms with Crippen LogP contribution in [-0.2, 0) is 21.5 Å². The van der Waals surface area contributed by atoms with Gasteiger partial charge in [-0.15, -0.1) is 0 Å². The van der Waals surface area contributed by atoms with Crippen LogP contribution < -0.4 is 5.32 Å². The predicted molar refractivity (Wildman–Crippen MR) is 125 cm³/mol. The summed E-state index contributed by atoms with van der Waals surface area (Å²) in [5.41, 5.74) is 1.25. The van der Waals surface area contributed by atoms with Crippen molar-refractivity contribution in [3.05, 3.63) is 35.1 Å². The van der Waals surface area contributed by atoms with Gasteiger partial charge in [0.05, 0.1) is 12.0 Å². The molecular formula is C26H38FN3O3. The minimum absolute atomic E-state index is 0.0882. The summed E-state index contributed by atoms with van der Waals surface area (Å²) in [6, 6.07) is 5.48. The van der Waals surface area contributed by atoms with Crippen LogP contribution in [0.1, 0.15) is 63.5 Å². The maximum Gasteiger partial charge on any atom is 0.406 e. The summed E-state index contributed by atoms with van der Waals surface area (Å²) in [6.07, 6.45) is 6.07. The van der Waals surface area contributed by atoms with Crippen molar-refractivity contribution >= 4 is 12.0 Å². The molecule has 1 saturated heterocycles. The largest absolute Gasteiger partial charge is 0.448 e. The highest BCUT2D eigenvalue weighted by Crippen LogP contribution is 2.44. The number of amides is 2. The van der Waals surface area contributed by atoms with E-state index in [0.29, 0.717) is 19.1 Å². The van der Waals surface area contributed by atoms with Gasteiger partial charge in [-0.3, -0.25) is 4.79 Å². The number of rotatable bonds is 5. The molecule has 33 heavy (non-hydrogen) atoms. The Bertz CT molecular complexity index is 858. The average molecular weight is 460 g/mol. The number of ether oxygens (including phenoxy) is 1. The number of alkyl carbamates (subject to hydrolysis) is 1. The second-order valence-corrected chi connectivity index (χ2v) is 10.3. The SMILES string of the molecule is CNC(=O)OCCN1Cc2cc(F)ccc2C2(CCN(C3CCC(C(C)C)CC3)CC2)C1=O. The lowest BCUT2D eigenvalue weighted by molar-refractivity contribution is -0.142. The van der Waals surface area contributed by atoms with Gasteiger partial charge in [0, 0.05) is 19.6 Å². The molecule has 0 aromatic heterocycles. The lowest BCUT2D eigenvalue weighted by Gasteiger charge is -2.49. The third-order valence-corrected chi connectivity index (χ3v) is 8.29. The summed E-state index contributed by atoms with van der Waals surface area (Å²) in [5, 5.41) is 2.42. The molecule has 6 nitrogen and oxygen atoms in total. The smallest absolute Gasteiger partial charge is 0.406 e. The van der Waals surface area contributed by atoms with Crippen molar-refractivity contribution in [3.63, 3.8) is 0 Å². The average Bonchev–Trinajstić information content (AvgIpc) is 2.82. The van der Waals surface area contributed by atoms with Gasteiger partial charge in [0.1, 0.15) is 12.4 Å². The molecule has 1 N–H and O–H groups in total. The van der Waals surface area contributed by atoms with E-state index in [1.807, 2.05) is 6.07 Å². The second-order valence-electron chi connectivity index (χ2n) is 10.3. The Morgan fingerprint density at radius 1 is 1.21 bits per heavy atom. The maximum atomic E-state index is 14.1. The zero-order valence-electron chi connectivity index (χ0n) is 20.2. The Morgan fingerprint density at radius 2 is 1.91 bits per heavy atom. The van der Waals surface area contributed by atoms with E-state index in [-0.39, 0.29) is 18.3 Å². The summed E-state index contributed by atoms with van der Waals surface area (Å²) >= 11 is 0. The van der Waals surface area contributed by atoms with Gasteiger partial charge >= 0.3 is 6.09 Å². The number of hydrogen-bond donors (Lipinski definition) is 1. The highest BCUT2D eigenvalue weighted by Gasteiger charge is 2.49. The van der Waals surface area contributed by atoms with E-state index >= 15 is 0 Å². The zero-order chi connectivity index (χ0) is 23.6. The lowest BCUT2D eigenvalue weighted by Crippen LogP contribution is -2.57. The third-order valence-electron chi connectivity index (χ3n) is 8.29. The van der Waals surface area contributed by atoms with Crippen molar-refractivity contribution in [1.29, 1.82) is 0 Å². The van der Waals surface area contributed by atoms with E-state index in [9.17, 15) is 14.0 Å². The number of hydrogen-bond acceptors (Lipinski definition) is 4. The number of likely N-dealkylation sites (tertiary alicyclic amines) is 1. The fourth-order valence-corrected chi connectivity index (χ4v) is 6.24. The molecule has 2 heterocycles. The molecule has 1 aromatic carbocycles. The summed E-state index contributed by atoms with van der Waals surface area (Å²) in [6.45, 7) is 7.23. The molecule has 1 spiro atoms. The second kappa shape index (κ2) is 10.00. The van der Waals surface area contributed by atoms with E-state index in [1.54, 1.807) is 11.0 Å². The lowest BCUT2D eigenvalue weighted by atomic mass is 9.67. The first-order valence-corrected chi connectivity index (χ1v) is 12.5. The molecule has 1 aromatic rings. The summed E-state index contributed by atoms with van der Waals surface area (Å²) in [5.74, 6) is 1.40. The van der Waals surface area contributed by atoms with Crippen LogP contribution in [-0.4, -0.2) is 61.1 Å². The molecule has 1 saturated carbocycles. The minimum atomic E-state index is -0.611. The number of halogens is 1. The zero-order valence-corrected chi connectivity index (χ0v) is 20.2. The molecule has 1 aliphatic carbocycles. The van der Waals surface area contributed by atoms with Gasteiger partial charge in [-0.2, -0.15) is 0 Å². The molecule has 182 valence electrons. The first-order valence-electron chi connectivity index (χ1n) is 12.5. The van der Waals surface area contributed by atoms with Crippen molar-refractivity contribution in [1.82, 2.24) is 15.1 Å². The third kappa shape index (κ3) is 4.88. The van der Waals surface area contributed by atoms with Crippen LogP contribution in [0.5, 0.6) is 0 Å². The van der Waals surface area contributed by atoms with E-state index in [1.165, 1.54) is 38.8 Å². The van der Waals surface area contributed by atoms with Crippen molar-refractivity contribution in [2.75, 3.05) is 33.3 Å². The van der Waals surface area contributed by atoms with Crippen molar-refractivity contribution in [2.45, 2.75) is 70.4 Å². The van der Waals surface area contributed by atoms with E-state index in [0.717, 1.165) is 48.9 Å². The van der Waals surface area contributed by atoms with Gasteiger partial charge in [0.2, 0.25) is 5.91 Å². The molecule has 3 aliphatic rings. The first-order chi connectivity index (χ1) is 15.8. The van der Waals surface area contributed by atoms with Crippen LogP contribution in [0.2, 0.25) is 0 Å². The molecular weight excluding hydrogens is 421 g/mol. The molecule has 4 rings (SSSR count). The standard InChI is InChI=1S/C26H38FN3O3/c1-18(2)19-4-7-22(8-5-19)29-12-10-26(11-13-29)23-9-6-21(27)16-20(23)17-30(24(26)31)14-15-33-25(32)28-3/h6,9,16,18-19,22H,4-5,7-8,10-15,17H2,1-3H3,(H,28,32). The number of nitrogens with zero attached hydrogens (tertiary/aromatic N) is 2. The molecule has 2 aliphatic heterocycles. The van der Waals surface area contributed by atoms with Crippen LogP contribution >= 0.6 is 0 Å². The van der Waals surface area contributed by atoms with Gasteiger partial charge in [0.25, 0.3) is 0 Å². The monoisotopic (exact) mass is 459 g/mol. The maximum absolute atomic E-state index is 14.1. The van der Waals surface area contributed by atoms with E-state index in [2.05, 4.69) is 24.1 Å². The van der Waals surface area contributed by atoms with Crippen LogP contribution in [0.15, 0.2) is 18.2 Å². The number of carbonyl (C=O) groups is 2. The van der Waals surface area contributed by atoms with Gasteiger partial charge in [-0.05, 0) is 86.7 Å². The van der Waals surface area contributed by atoms with Crippen LogP contribution in [0.4, 0.5) is 9.18 Å². The van der Waals surface area contributed by atoms with E-state index in [4.69, 9.17) is 4.74 Å². The van der Waals surface area contributed by atoms with Crippen molar-refractivity contribution in [3.8, 4) is 0 Å². The topological polar surface area (TPSA) is 61.9 Å². The van der Waals surface area contributed by atoms with Gasteiger partial charge in [-0.25, -0.2) is 9.18 Å². The van der Waals surface area contributed by atoms with E-state index < -0.39 is 11.5 Å². The highest BCUT2D eigenvalue weighted by molar-refractivity contribution is 5.90. The fraction of sp³-hybridized carbons (Fsp3) is 0.692. The normalized spacial score (nSPS) is 25.2. The van der Waals surface area contributed by atoms with Gasteiger partial charge in [0.15, 0.2) is 0 Å². The van der Waals surface area contributed by atoms with Crippen LogP contribution in [0.3, 0.4) is 0 Å². The van der Waals surface area contributed by atoms with Crippen molar-refractivity contribution < 1.29 is 18.7 Å². The Kier molecular flexibility index (Phi) is 7.27. The highest BCUT2D eigenvalue weighted by atomic mass is 19.1. The molecule has 2 amide bonds. The Morgan fingerprint density at radius 3 is 2.55 bits per heavy atom. The van der Waals surface area contributed by atoms with Crippen LogP contribution in [0, 0.1) is 17.7 Å². The number of fused-ring (bicyclic) bond motifs is 2. The number of carbonyl (C=O) groups excluding carboxylic acids is 2. The minimum Gasteiger partial charge on any atom is -0.448 e. The quantitative estimate of drug-likeness (QED) is 0.721. The molecule has 0 unspecified atom stereocenters. The van der Waals surface area contributed by atoms with Gasteiger partial charge < -0.3 is 19.9 Å². The molecule has 7 heteroatoms. The van der Waals surface area contributed by atoms with Crippen molar-refractivity contribution in [2.24, 2.45) is 11.8 Å². The molecule has 0 radical (unpaired) electrons. The molecule has 0 bridgehead atoms. The fourth-order valence-electron chi connectivity index (χ4n) is 6.24. The Balaban J connectivity index is 1.47. The number of piperidine rings is 1. The summed E-state index contributed by atoms with van der Waals surface area (Å²) in [7, 11) is 1.51. The van der Waals surface area contributed by atoms with Gasteiger partial charge in [-0.1, -0.05) is 19.9 Å². The van der Waals surface area contributed by atoms with Crippen LogP contribution in [0.25, 0.3) is 0 Å². The Labute approximate surface area is 196 Å². The predicted octanol–water partition coefficient (Wildman–Crippen LogP) is 4.07. The Hall–Kier alpha value is -2.15. The number of nitrogens with one attached hydrogen (secondary N) is 1. The summed E-state index contributed by atoms with van der Waals surface area (Å²) < 4.78 is 19.2. The molecule has 2 fully saturated rings. The first kappa shape index (κ1) is 24.0. The molecule has 0 atom stereocenters. The summed E-state index contributed by atoms with van der Waals surface area (Å²) in [4.78, 5) is 29.5.